The van der Waals surface area contributed by atoms with Crippen molar-refractivity contribution in [3.8, 4) is 0 Å². The Morgan fingerprint density at radius 2 is 2.00 bits per heavy atom. The number of rotatable bonds is 7. The number of hydrogen-bond acceptors (Lipinski definition) is 4. The summed E-state index contributed by atoms with van der Waals surface area (Å²) in [6.45, 7) is 3.63. The molecule has 0 saturated heterocycles. The maximum Gasteiger partial charge on any atom is 0.345 e. The van der Waals surface area contributed by atoms with Crippen LogP contribution in [0.3, 0.4) is 0 Å². The molecule has 1 aromatic carbocycles. The van der Waals surface area contributed by atoms with Crippen molar-refractivity contribution in [3.63, 3.8) is 0 Å². The van der Waals surface area contributed by atoms with E-state index >= 15 is 0 Å². The van der Waals surface area contributed by atoms with Crippen LogP contribution in [0.1, 0.15) is 41.8 Å². The lowest BCUT2D eigenvalue weighted by Crippen LogP contribution is -2.48. The molecule has 1 unspecified atom stereocenters. The third-order valence-electron chi connectivity index (χ3n) is 5.42. The highest BCUT2D eigenvalue weighted by Gasteiger charge is 2.34. The summed E-state index contributed by atoms with van der Waals surface area (Å²) in [6.07, 6.45) is 2.87. The molecule has 1 heterocycles. The number of aliphatic hydroxyl groups is 1. The van der Waals surface area contributed by atoms with E-state index in [1.54, 1.807) is 6.92 Å². The Balaban J connectivity index is 1.61. The smallest absolute Gasteiger partial charge is 0.345 e. The zero-order chi connectivity index (χ0) is 19.4. The lowest BCUT2D eigenvalue weighted by molar-refractivity contribution is -0.122. The van der Waals surface area contributed by atoms with Crippen LogP contribution in [-0.2, 0) is 17.6 Å². The van der Waals surface area contributed by atoms with E-state index in [1.165, 1.54) is 5.56 Å². The van der Waals surface area contributed by atoms with Gasteiger partial charge in [-0.3, -0.25) is 4.79 Å². The molecule has 1 atom stereocenters. The second kappa shape index (κ2) is 8.48. The maximum atomic E-state index is 12.6. The second-order valence-electron chi connectivity index (χ2n) is 7.48. The van der Waals surface area contributed by atoms with Crippen LogP contribution in [0.4, 0.5) is 0 Å². The third-order valence-corrected chi connectivity index (χ3v) is 5.42. The van der Waals surface area contributed by atoms with Gasteiger partial charge in [-0.1, -0.05) is 30.3 Å². The molecule has 0 radical (unpaired) electrons. The number of hydrogen-bond donors (Lipinski definition) is 3. The first-order valence-electron chi connectivity index (χ1n) is 9.50. The van der Waals surface area contributed by atoms with Gasteiger partial charge in [-0.15, -0.1) is 0 Å². The van der Waals surface area contributed by atoms with E-state index in [2.05, 4.69) is 27.4 Å². The molecule has 6 heteroatoms. The second-order valence-corrected chi connectivity index (χ2v) is 7.48. The Bertz CT molecular complexity index is 815. The minimum absolute atomic E-state index is 0.0117. The van der Waals surface area contributed by atoms with Crippen LogP contribution in [0.15, 0.2) is 35.1 Å². The zero-order valence-electron chi connectivity index (χ0n) is 15.9. The van der Waals surface area contributed by atoms with Crippen molar-refractivity contribution < 1.29 is 9.90 Å². The summed E-state index contributed by atoms with van der Waals surface area (Å²) in [6, 6.07) is 10.1. The van der Waals surface area contributed by atoms with E-state index in [-0.39, 0.29) is 23.7 Å². The van der Waals surface area contributed by atoms with Crippen LogP contribution in [0.5, 0.6) is 0 Å². The van der Waals surface area contributed by atoms with Crippen molar-refractivity contribution in [2.75, 3.05) is 0 Å². The van der Waals surface area contributed by atoms with E-state index in [9.17, 15) is 14.7 Å². The van der Waals surface area contributed by atoms with Crippen molar-refractivity contribution in [3.05, 3.63) is 63.3 Å². The quantitative estimate of drug-likeness (QED) is 0.694. The molecule has 3 rings (SSSR count). The van der Waals surface area contributed by atoms with Crippen LogP contribution in [-0.4, -0.2) is 33.1 Å². The van der Waals surface area contributed by atoms with Crippen molar-refractivity contribution in [1.29, 1.82) is 0 Å². The van der Waals surface area contributed by atoms with Gasteiger partial charge in [0.2, 0.25) is 5.91 Å². The monoisotopic (exact) mass is 369 g/mol. The van der Waals surface area contributed by atoms with Gasteiger partial charge in [0, 0.05) is 23.9 Å². The molecule has 0 spiro atoms. The van der Waals surface area contributed by atoms with Crippen molar-refractivity contribution in [2.24, 2.45) is 5.92 Å². The fourth-order valence-electron chi connectivity index (χ4n) is 3.80. The Kier molecular flexibility index (Phi) is 6.06. The van der Waals surface area contributed by atoms with Crippen LogP contribution in [0, 0.1) is 19.8 Å². The fraction of sp³-hybridized carbons (Fsp3) is 0.476. The number of aromatic amines is 1. The molecule has 0 bridgehead atoms. The number of aliphatic hydroxyl groups excluding tert-OH is 1. The van der Waals surface area contributed by atoms with Crippen molar-refractivity contribution in [1.82, 2.24) is 15.3 Å². The number of benzene rings is 1. The molecule has 1 saturated carbocycles. The number of carbonyl (C=O) groups is 1. The average Bonchev–Trinajstić information content (AvgIpc) is 2.58. The van der Waals surface area contributed by atoms with E-state index in [0.717, 1.165) is 30.5 Å². The number of nitrogens with one attached hydrogen (secondary N) is 2. The first-order chi connectivity index (χ1) is 12.9. The van der Waals surface area contributed by atoms with Gasteiger partial charge in [0.1, 0.15) is 0 Å². The topological polar surface area (TPSA) is 95.1 Å². The number of H-pyrrole nitrogens is 1. The molecule has 1 fully saturated rings. The Labute approximate surface area is 159 Å². The largest absolute Gasteiger partial charge is 0.393 e. The Morgan fingerprint density at radius 1 is 1.30 bits per heavy atom. The molecule has 1 aromatic heterocycles. The van der Waals surface area contributed by atoms with Crippen LogP contribution in [0.2, 0.25) is 0 Å². The summed E-state index contributed by atoms with van der Waals surface area (Å²) in [7, 11) is 0. The number of carbonyl (C=O) groups excluding carboxylic acids is 1. The predicted octanol–water partition coefficient (Wildman–Crippen LogP) is 1.82. The van der Waals surface area contributed by atoms with Crippen molar-refractivity contribution >= 4 is 5.91 Å². The molecule has 1 aliphatic rings. The number of amides is 1. The summed E-state index contributed by atoms with van der Waals surface area (Å²) in [5, 5.41) is 12.8. The number of nitrogens with zero attached hydrogens (tertiary/aromatic N) is 1. The van der Waals surface area contributed by atoms with Gasteiger partial charge in [0.15, 0.2) is 0 Å². The summed E-state index contributed by atoms with van der Waals surface area (Å²) in [5.41, 5.74) is 3.18. The molecule has 27 heavy (non-hydrogen) atoms. The Hall–Kier alpha value is -2.47. The number of aromatic nitrogens is 2. The first kappa shape index (κ1) is 19.3. The van der Waals surface area contributed by atoms with E-state index in [4.69, 9.17) is 0 Å². The SMILES string of the molecule is Cc1nc(=O)[nH]c(C)c1CCC(=O)NC(Cc1ccccc1)C1CC(O)C1. The maximum absolute atomic E-state index is 12.6. The standard InChI is InChI=1S/C21H27N3O3/c1-13-18(14(2)23-21(27)22-13)8-9-20(26)24-19(16-11-17(25)12-16)10-15-6-4-3-5-7-15/h3-7,16-17,19,25H,8-12H2,1-2H3,(H,24,26)(H,22,23,27). The van der Waals surface area contributed by atoms with Crippen LogP contribution < -0.4 is 11.0 Å². The lowest BCUT2D eigenvalue weighted by atomic mass is 9.75. The highest BCUT2D eigenvalue weighted by molar-refractivity contribution is 5.76. The predicted molar refractivity (Wildman–Crippen MR) is 103 cm³/mol. The first-order valence-corrected chi connectivity index (χ1v) is 9.50. The summed E-state index contributed by atoms with van der Waals surface area (Å²) in [5.74, 6) is 0.296. The van der Waals surface area contributed by atoms with Gasteiger partial charge in [-0.25, -0.2) is 4.79 Å². The third kappa shape index (κ3) is 5.04. The molecule has 0 aliphatic heterocycles. The Morgan fingerprint density at radius 3 is 2.63 bits per heavy atom. The summed E-state index contributed by atoms with van der Waals surface area (Å²) in [4.78, 5) is 30.6. The number of aryl methyl sites for hydroxylation is 2. The molecule has 3 N–H and O–H groups in total. The van der Waals surface area contributed by atoms with E-state index < -0.39 is 0 Å². The normalized spacial score (nSPS) is 20.0. The van der Waals surface area contributed by atoms with E-state index in [0.29, 0.717) is 24.5 Å². The lowest BCUT2D eigenvalue weighted by Gasteiger charge is -2.38. The van der Waals surface area contributed by atoms with Gasteiger partial charge < -0.3 is 15.4 Å². The zero-order valence-corrected chi connectivity index (χ0v) is 15.9. The van der Waals surface area contributed by atoms with Crippen LogP contribution in [0.25, 0.3) is 0 Å². The highest BCUT2D eigenvalue weighted by Crippen LogP contribution is 2.31. The summed E-state index contributed by atoms with van der Waals surface area (Å²) < 4.78 is 0. The molecule has 1 amide bonds. The van der Waals surface area contributed by atoms with Crippen LogP contribution >= 0.6 is 0 Å². The average molecular weight is 369 g/mol. The van der Waals surface area contributed by atoms with Gasteiger partial charge in [-0.05, 0) is 56.6 Å². The molecule has 6 nitrogen and oxygen atoms in total. The molecule has 1 aliphatic carbocycles. The van der Waals surface area contributed by atoms with Gasteiger partial charge in [0.25, 0.3) is 0 Å². The van der Waals surface area contributed by atoms with Gasteiger partial charge in [-0.2, -0.15) is 4.98 Å². The highest BCUT2D eigenvalue weighted by atomic mass is 16.3. The van der Waals surface area contributed by atoms with E-state index in [1.807, 2.05) is 25.1 Å². The molecular weight excluding hydrogens is 342 g/mol. The molecular formula is C21H27N3O3. The van der Waals surface area contributed by atoms with Gasteiger partial charge >= 0.3 is 5.69 Å². The summed E-state index contributed by atoms with van der Waals surface area (Å²) >= 11 is 0. The molecule has 144 valence electrons. The van der Waals surface area contributed by atoms with Crippen molar-refractivity contribution in [2.45, 2.75) is 58.1 Å². The molecule has 2 aromatic rings. The fourth-order valence-corrected chi connectivity index (χ4v) is 3.80. The minimum atomic E-state index is -0.357. The minimum Gasteiger partial charge on any atom is -0.393 e. The van der Waals surface area contributed by atoms with Gasteiger partial charge in [0.05, 0.1) is 6.10 Å².